The first-order valence-electron chi connectivity index (χ1n) is 11.6. The molecule has 7 nitrogen and oxygen atoms in total. The lowest BCUT2D eigenvalue weighted by molar-refractivity contribution is -0.123. The normalized spacial score (nSPS) is 27.0. The van der Waals surface area contributed by atoms with Crippen LogP contribution in [0.5, 0.6) is 0 Å². The lowest BCUT2D eigenvalue weighted by Gasteiger charge is -2.28. The van der Waals surface area contributed by atoms with Gasteiger partial charge in [-0.15, -0.1) is 0 Å². The molecule has 1 aliphatic heterocycles. The molecule has 0 spiro atoms. The van der Waals surface area contributed by atoms with E-state index in [9.17, 15) is 18.0 Å². The van der Waals surface area contributed by atoms with Gasteiger partial charge in [0, 0.05) is 23.8 Å². The molecule has 5 atom stereocenters. The van der Waals surface area contributed by atoms with Crippen molar-refractivity contribution in [1.82, 2.24) is 4.72 Å². The van der Waals surface area contributed by atoms with Gasteiger partial charge in [-0.25, -0.2) is 13.1 Å². The van der Waals surface area contributed by atoms with Crippen molar-refractivity contribution in [3.63, 3.8) is 0 Å². The van der Waals surface area contributed by atoms with Crippen LogP contribution < -0.4 is 15.4 Å². The van der Waals surface area contributed by atoms with Crippen molar-refractivity contribution < 1.29 is 18.0 Å². The molecular weight excluding hydrogens is 438 g/mol. The minimum absolute atomic E-state index is 0.0696. The molecule has 33 heavy (non-hydrogen) atoms. The molecule has 0 saturated heterocycles. The zero-order chi connectivity index (χ0) is 23.2. The van der Waals surface area contributed by atoms with E-state index in [0.29, 0.717) is 23.2 Å². The molecule has 2 aliphatic carbocycles. The van der Waals surface area contributed by atoms with Gasteiger partial charge in [-0.2, -0.15) is 0 Å². The molecule has 5 rings (SSSR count). The number of benzene rings is 2. The van der Waals surface area contributed by atoms with Gasteiger partial charge in [-0.1, -0.05) is 24.6 Å². The first-order chi connectivity index (χ1) is 15.8. The fourth-order valence-corrected chi connectivity index (χ4v) is 7.19. The van der Waals surface area contributed by atoms with Gasteiger partial charge in [0.05, 0.1) is 10.8 Å². The number of rotatable bonds is 6. The van der Waals surface area contributed by atoms with Crippen molar-refractivity contribution in [1.29, 1.82) is 0 Å². The van der Waals surface area contributed by atoms with Crippen molar-refractivity contribution in [3.8, 4) is 0 Å². The number of carbonyl (C=O) groups excluding carboxylic acids is 2. The average molecular weight is 468 g/mol. The van der Waals surface area contributed by atoms with Crippen LogP contribution in [0.2, 0.25) is 0 Å². The Bertz CT molecular complexity index is 1180. The molecule has 2 aromatic carbocycles. The highest BCUT2D eigenvalue weighted by Crippen LogP contribution is 2.49. The monoisotopic (exact) mass is 467 g/mol. The number of hydrogen-bond donors (Lipinski definition) is 3. The van der Waals surface area contributed by atoms with E-state index in [1.165, 1.54) is 31.4 Å². The SMILES string of the molecule is CC(NS(=O)(=O)c1ccc(NC(=O)C2CC(=O)Nc3ccccc32)cc1)C1CC2CCC1C2. The zero-order valence-electron chi connectivity index (χ0n) is 18.6. The summed E-state index contributed by atoms with van der Waals surface area (Å²) in [5.74, 6) is 0.714. The lowest BCUT2D eigenvalue weighted by Crippen LogP contribution is -2.40. The number of sulfonamides is 1. The number of hydrogen-bond acceptors (Lipinski definition) is 4. The first-order valence-corrected chi connectivity index (χ1v) is 13.1. The van der Waals surface area contributed by atoms with Crippen LogP contribution in [-0.2, 0) is 19.6 Å². The highest BCUT2D eigenvalue weighted by Gasteiger charge is 2.42. The summed E-state index contributed by atoms with van der Waals surface area (Å²) in [7, 11) is -3.64. The largest absolute Gasteiger partial charge is 0.326 e. The van der Waals surface area contributed by atoms with Crippen molar-refractivity contribution >= 4 is 33.2 Å². The van der Waals surface area contributed by atoms with E-state index >= 15 is 0 Å². The van der Waals surface area contributed by atoms with Crippen LogP contribution in [0.3, 0.4) is 0 Å². The second kappa shape index (κ2) is 8.57. The predicted octanol–water partition coefficient (Wildman–Crippen LogP) is 3.85. The van der Waals surface area contributed by atoms with Gasteiger partial charge in [-0.3, -0.25) is 9.59 Å². The van der Waals surface area contributed by atoms with Crippen LogP contribution >= 0.6 is 0 Å². The van der Waals surface area contributed by atoms with Crippen molar-refractivity contribution in [2.45, 2.75) is 55.9 Å². The van der Waals surface area contributed by atoms with Gasteiger partial charge in [-0.05, 0) is 79.8 Å². The number of carbonyl (C=O) groups is 2. The quantitative estimate of drug-likeness (QED) is 0.600. The summed E-state index contributed by atoms with van der Waals surface area (Å²) < 4.78 is 28.7. The summed E-state index contributed by atoms with van der Waals surface area (Å²) in [5, 5.41) is 5.61. The number of fused-ring (bicyclic) bond motifs is 3. The summed E-state index contributed by atoms with van der Waals surface area (Å²) in [4.78, 5) is 25.1. The lowest BCUT2D eigenvalue weighted by atomic mass is 9.84. The summed E-state index contributed by atoms with van der Waals surface area (Å²) >= 11 is 0. The van der Waals surface area contributed by atoms with Crippen LogP contribution in [0, 0.1) is 17.8 Å². The van der Waals surface area contributed by atoms with E-state index in [-0.39, 0.29) is 29.2 Å². The summed E-state index contributed by atoms with van der Waals surface area (Å²) in [6.07, 6.45) is 4.91. The summed E-state index contributed by atoms with van der Waals surface area (Å²) in [6, 6.07) is 13.3. The number of amides is 2. The van der Waals surface area contributed by atoms with E-state index < -0.39 is 15.9 Å². The third-order valence-electron chi connectivity index (χ3n) is 7.52. The number of para-hydroxylation sites is 1. The fourth-order valence-electron chi connectivity index (χ4n) is 5.90. The van der Waals surface area contributed by atoms with Crippen LogP contribution in [0.4, 0.5) is 11.4 Å². The molecule has 3 N–H and O–H groups in total. The third kappa shape index (κ3) is 4.42. The maximum absolute atomic E-state index is 12.9. The molecule has 2 saturated carbocycles. The van der Waals surface area contributed by atoms with E-state index in [0.717, 1.165) is 17.9 Å². The Labute approximate surface area is 194 Å². The number of nitrogens with one attached hydrogen (secondary N) is 3. The van der Waals surface area contributed by atoms with Crippen LogP contribution in [0.25, 0.3) is 0 Å². The highest BCUT2D eigenvalue weighted by atomic mass is 32.2. The molecule has 174 valence electrons. The van der Waals surface area contributed by atoms with Gasteiger partial charge >= 0.3 is 0 Å². The number of anilines is 2. The molecule has 0 radical (unpaired) electrons. The van der Waals surface area contributed by atoms with E-state index in [4.69, 9.17) is 0 Å². The third-order valence-corrected chi connectivity index (χ3v) is 9.10. The molecule has 8 heteroatoms. The molecule has 1 heterocycles. The van der Waals surface area contributed by atoms with Crippen molar-refractivity contribution in [3.05, 3.63) is 54.1 Å². The molecule has 0 aromatic heterocycles. The van der Waals surface area contributed by atoms with Crippen LogP contribution in [0.15, 0.2) is 53.4 Å². The Morgan fingerprint density at radius 2 is 1.82 bits per heavy atom. The molecule has 2 fully saturated rings. The zero-order valence-corrected chi connectivity index (χ0v) is 19.4. The maximum Gasteiger partial charge on any atom is 0.240 e. The van der Waals surface area contributed by atoms with Crippen LogP contribution in [-0.4, -0.2) is 26.3 Å². The van der Waals surface area contributed by atoms with Gasteiger partial charge in [0.25, 0.3) is 0 Å². The minimum atomic E-state index is -3.64. The Kier molecular flexibility index (Phi) is 5.74. The maximum atomic E-state index is 12.9. The fraction of sp³-hybridized carbons (Fsp3) is 0.440. The smallest absolute Gasteiger partial charge is 0.240 e. The highest BCUT2D eigenvalue weighted by molar-refractivity contribution is 7.89. The predicted molar refractivity (Wildman–Crippen MR) is 126 cm³/mol. The van der Waals surface area contributed by atoms with Gasteiger partial charge in [0.2, 0.25) is 21.8 Å². The van der Waals surface area contributed by atoms with Crippen LogP contribution in [0.1, 0.15) is 50.5 Å². The van der Waals surface area contributed by atoms with E-state index in [2.05, 4.69) is 15.4 Å². The molecule has 3 aliphatic rings. The molecule has 5 unspecified atom stereocenters. The van der Waals surface area contributed by atoms with E-state index in [1.54, 1.807) is 18.2 Å². The molecule has 2 amide bonds. The Hall–Kier alpha value is -2.71. The topological polar surface area (TPSA) is 104 Å². The Balaban J connectivity index is 1.25. The first kappa shape index (κ1) is 22.1. The van der Waals surface area contributed by atoms with Gasteiger partial charge in [0.15, 0.2) is 0 Å². The van der Waals surface area contributed by atoms with Crippen molar-refractivity contribution in [2.75, 3.05) is 10.6 Å². The van der Waals surface area contributed by atoms with Gasteiger partial charge < -0.3 is 10.6 Å². The summed E-state index contributed by atoms with van der Waals surface area (Å²) in [6.45, 7) is 1.97. The standard InChI is InChI=1S/C25H29N3O4S/c1-15(21-13-16-6-7-17(21)12-16)28-33(31,32)19-10-8-18(9-11-19)26-25(30)22-14-24(29)27-23-5-3-2-4-20(22)23/h2-5,8-11,15-17,21-22,28H,6-7,12-14H2,1H3,(H,26,30)(H,27,29). The minimum Gasteiger partial charge on any atom is -0.326 e. The Morgan fingerprint density at radius 3 is 2.52 bits per heavy atom. The van der Waals surface area contributed by atoms with Gasteiger partial charge in [0.1, 0.15) is 0 Å². The molecule has 2 bridgehead atoms. The second-order valence-electron chi connectivity index (χ2n) is 9.65. The van der Waals surface area contributed by atoms with E-state index in [1.807, 2.05) is 25.1 Å². The Morgan fingerprint density at radius 1 is 1.06 bits per heavy atom. The second-order valence-corrected chi connectivity index (χ2v) is 11.4. The molecule has 2 aromatic rings. The van der Waals surface area contributed by atoms with Crippen molar-refractivity contribution in [2.24, 2.45) is 17.8 Å². The average Bonchev–Trinajstić information content (AvgIpc) is 3.42. The summed E-state index contributed by atoms with van der Waals surface area (Å²) in [5.41, 5.74) is 1.90. The molecular formula is C25H29N3O4S.